The number of likely N-dealkylation sites (tertiary alicyclic amines) is 1. The number of carbonyl (C=O) groups excluding carboxylic acids is 2. The normalized spacial score (nSPS) is 19.1. The van der Waals surface area contributed by atoms with E-state index in [0.29, 0.717) is 44.0 Å². The zero-order valence-electron chi connectivity index (χ0n) is 20.4. The second-order valence-electron chi connectivity index (χ2n) is 9.31. The average Bonchev–Trinajstić information content (AvgIpc) is 3.24. The fraction of sp³-hybridized carbons (Fsp3) is 0.481. The van der Waals surface area contributed by atoms with Crippen molar-refractivity contribution >= 4 is 11.8 Å². The minimum absolute atomic E-state index is 0.0225. The van der Waals surface area contributed by atoms with Gasteiger partial charge in [0.1, 0.15) is 18.1 Å². The summed E-state index contributed by atoms with van der Waals surface area (Å²) in [5, 5.41) is 0. The van der Waals surface area contributed by atoms with E-state index < -0.39 is 0 Å². The van der Waals surface area contributed by atoms with E-state index in [2.05, 4.69) is 24.1 Å². The van der Waals surface area contributed by atoms with Gasteiger partial charge in [0.15, 0.2) is 0 Å². The van der Waals surface area contributed by atoms with Crippen molar-refractivity contribution in [3.63, 3.8) is 0 Å². The van der Waals surface area contributed by atoms with E-state index >= 15 is 0 Å². The summed E-state index contributed by atoms with van der Waals surface area (Å²) in [5.74, 6) is 1.59. The Morgan fingerprint density at radius 3 is 2.53 bits per heavy atom. The largest absolute Gasteiger partial charge is 0.491 e. The number of hydrogen-bond acceptors (Lipinski definition) is 5. The van der Waals surface area contributed by atoms with Gasteiger partial charge >= 0.3 is 0 Å². The molecule has 0 bridgehead atoms. The lowest BCUT2D eigenvalue weighted by atomic mass is 10.0. The molecule has 1 atom stereocenters. The van der Waals surface area contributed by atoms with Crippen molar-refractivity contribution in [3.05, 3.63) is 59.7 Å². The molecule has 2 aliphatic heterocycles. The summed E-state index contributed by atoms with van der Waals surface area (Å²) in [4.78, 5) is 31.4. The molecule has 182 valence electrons. The Labute approximate surface area is 202 Å². The minimum atomic E-state index is -0.0225. The van der Waals surface area contributed by atoms with Crippen molar-refractivity contribution in [2.45, 2.75) is 38.8 Å². The Morgan fingerprint density at radius 1 is 1.06 bits per heavy atom. The zero-order chi connectivity index (χ0) is 24.1. The molecule has 0 N–H and O–H groups in total. The Kier molecular flexibility index (Phi) is 7.73. The lowest BCUT2D eigenvalue weighted by Gasteiger charge is -2.40. The molecule has 2 aromatic rings. The number of rotatable bonds is 8. The summed E-state index contributed by atoms with van der Waals surface area (Å²) in [7, 11) is 2.10. The molecule has 2 aromatic carbocycles. The third-order valence-electron chi connectivity index (χ3n) is 6.48. The van der Waals surface area contributed by atoms with E-state index in [1.807, 2.05) is 60.0 Å². The number of para-hydroxylation sites is 1. The maximum absolute atomic E-state index is 13.5. The quantitative estimate of drug-likeness (QED) is 0.596. The first-order valence-corrected chi connectivity index (χ1v) is 12.2. The highest BCUT2D eigenvalue weighted by molar-refractivity contribution is 5.97. The van der Waals surface area contributed by atoms with Crippen molar-refractivity contribution in [2.24, 2.45) is 0 Å². The average molecular weight is 466 g/mol. The van der Waals surface area contributed by atoms with Gasteiger partial charge in [-0.15, -0.1) is 0 Å². The second-order valence-corrected chi connectivity index (χ2v) is 9.31. The number of hydrogen-bond donors (Lipinski definition) is 0. The van der Waals surface area contributed by atoms with Crippen LogP contribution in [0, 0.1) is 0 Å². The van der Waals surface area contributed by atoms with Gasteiger partial charge in [0.2, 0.25) is 5.91 Å². The number of piperazine rings is 1. The van der Waals surface area contributed by atoms with E-state index in [0.717, 1.165) is 30.8 Å². The lowest BCUT2D eigenvalue weighted by molar-refractivity contribution is -0.128. The van der Waals surface area contributed by atoms with Gasteiger partial charge in [0.05, 0.1) is 24.3 Å². The van der Waals surface area contributed by atoms with Crippen LogP contribution in [-0.4, -0.2) is 79.0 Å². The monoisotopic (exact) mass is 465 g/mol. The molecule has 34 heavy (non-hydrogen) atoms. The van der Waals surface area contributed by atoms with Crippen LogP contribution in [0.4, 0.5) is 0 Å². The van der Waals surface area contributed by atoms with Gasteiger partial charge in [-0.25, -0.2) is 0 Å². The highest BCUT2D eigenvalue weighted by Crippen LogP contribution is 2.28. The van der Waals surface area contributed by atoms with E-state index in [-0.39, 0.29) is 24.0 Å². The van der Waals surface area contributed by atoms with Crippen molar-refractivity contribution in [2.75, 3.05) is 46.4 Å². The second kappa shape index (κ2) is 10.9. The van der Waals surface area contributed by atoms with Gasteiger partial charge in [-0.2, -0.15) is 0 Å². The van der Waals surface area contributed by atoms with Crippen LogP contribution in [0.1, 0.15) is 48.7 Å². The summed E-state index contributed by atoms with van der Waals surface area (Å²) < 4.78 is 11.7. The van der Waals surface area contributed by atoms with E-state index in [1.165, 1.54) is 0 Å². The molecular weight excluding hydrogens is 430 g/mol. The lowest BCUT2D eigenvalue weighted by Crippen LogP contribution is -2.49. The molecule has 2 saturated heterocycles. The number of nitrogens with zero attached hydrogens (tertiary/aromatic N) is 3. The summed E-state index contributed by atoms with van der Waals surface area (Å²) in [6, 6.07) is 15.7. The first kappa shape index (κ1) is 24.1. The first-order chi connectivity index (χ1) is 16.4. The molecule has 2 aliphatic rings. The smallest absolute Gasteiger partial charge is 0.257 e. The number of ether oxygens (including phenoxy) is 2. The van der Waals surface area contributed by atoms with E-state index in [4.69, 9.17) is 9.47 Å². The van der Waals surface area contributed by atoms with Gasteiger partial charge in [-0.3, -0.25) is 14.5 Å². The zero-order valence-corrected chi connectivity index (χ0v) is 20.4. The standard InChI is InChI=1S/C27H35N3O4/c1-20(2)34-22-12-10-21(11-13-22)24-19-30(16-15-28(24)3)27(32)23-7-4-5-8-25(23)33-18-17-29-14-6-9-26(29)31/h4-5,7-8,10-13,20,24H,6,9,14-19H2,1-3H3/t24-/m1/s1. The third-order valence-corrected chi connectivity index (χ3v) is 6.48. The predicted octanol–water partition coefficient (Wildman–Crippen LogP) is 3.60. The topological polar surface area (TPSA) is 62.3 Å². The predicted molar refractivity (Wildman–Crippen MR) is 131 cm³/mol. The Bertz CT molecular complexity index is 992. The summed E-state index contributed by atoms with van der Waals surface area (Å²) in [6.07, 6.45) is 1.66. The van der Waals surface area contributed by atoms with Crippen molar-refractivity contribution in [1.29, 1.82) is 0 Å². The molecule has 2 fully saturated rings. The fourth-order valence-corrected chi connectivity index (χ4v) is 4.60. The molecule has 0 radical (unpaired) electrons. The van der Waals surface area contributed by atoms with Gasteiger partial charge in [0.25, 0.3) is 5.91 Å². The summed E-state index contributed by atoms with van der Waals surface area (Å²) in [6.45, 7) is 7.81. The van der Waals surface area contributed by atoms with Gasteiger partial charge in [0, 0.05) is 32.6 Å². The summed E-state index contributed by atoms with van der Waals surface area (Å²) in [5.41, 5.74) is 1.73. The molecule has 0 unspecified atom stereocenters. The van der Waals surface area contributed by atoms with Gasteiger partial charge in [-0.05, 0) is 57.1 Å². The third kappa shape index (κ3) is 5.70. The minimum Gasteiger partial charge on any atom is -0.491 e. The molecule has 2 amide bonds. The molecule has 4 rings (SSSR count). The SMILES string of the molecule is CC(C)Oc1ccc([C@H]2CN(C(=O)c3ccccc3OCCN3CCCC3=O)CCN2C)cc1. The first-order valence-electron chi connectivity index (χ1n) is 12.2. The van der Waals surface area contributed by atoms with Crippen LogP contribution in [0.5, 0.6) is 11.5 Å². The van der Waals surface area contributed by atoms with Crippen LogP contribution in [0.2, 0.25) is 0 Å². The number of benzene rings is 2. The Balaban J connectivity index is 1.42. The van der Waals surface area contributed by atoms with Crippen LogP contribution in [0.15, 0.2) is 48.5 Å². The number of likely N-dealkylation sites (N-methyl/N-ethyl adjacent to an activating group) is 1. The van der Waals surface area contributed by atoms with Crippen molar-refractivity contribution < 1.29 is 19.1 Å². The van der Waals surface area contributed by atoms with Crippen LogP contribution < -0.4 is 9.47 Å². The molecule has 7 nitrogen and oxygen atoms in total. The van der Waals surface area contributed by atoms with Crippen molar-refractivity contribution in [3.8, 4) is 11.5 Å². The van der Waals surface area contributed by atoms with Crippen LogP contribution >= 0.6 is 0 Å². The van der Waals surface area contributed by atoms with Gasteiger partial charge < -0.3 is 19.3 Å². The molecule has 2 heterocycles. The molecule has 7 heteroatoms. The van der Waals surface area contributed by atoms with E-state index in [9.17, 15) is 9.59 Å². The molecule has 0 aliphatic carbocycles. The Morgan fingerprint density at radius 2 is 1.82 bits per heavy atom. The van der Waals surface area contributed by atoms with Crippen LogP contribution in [0.25, 0.3) is 0 Å². The Hall–Kier alpha value is -3.06. The van der Waals surface area contributed by atoms with Gasteiger partial charge in [-0.1, -0.05) is 24.3 Å². The maximum atomic E-state index is 13.5. The molecule has 0 saturated carbocycles. The number of carbonyl (C=O) groups is 2. The summed E-state index contributed by atoms with van der Waals surface area (Å²) >= 11 is 0. The maximum Gasteiger partial charge on any atom is 0.257 e. The van der Waals surface area contributed by atoms with Crippen LogP contribution in [-0.2, 0) is 4.79 Å². The van der Waals surface area contributed by atoms with E-state index in [1.54, 1.807) is 0 Å². The fourth-order valence-electron chi connectivity index (χ4n) is 4.60. The molecule has 0 aromatic heterocycles. The number of amides is 2. The highest BCUT2D eigenvalue weighted by atomic mass is 16.5. The highest BCUT2D eigenvalue weighted by Gasteiger charge is 2.30. The van der Waals surface area contributed by atoms with Crippen LogP contribution in [0.3, 0.4) is 0 Å². The van der Waals surface area contributed by atoms with Crippen molar-refractivity contribution in [1.82, 2.24) is 14.7 Å². The molecular formula is C27H35N3O4. The molecule has 0 spiro atoms.